The minimum Gasteiger partial charge on any atom is -0.309 e. The van der Waals surface area contributed by atoms with Crippen LogP contribution < -0.4 is 0 Å². The number of para-hydroxylation sites is 3. The van der Waals surface area contributed by atoms with Crippen molar-refractivity contribution in [1.29, 1.82) is 0 Å². The molecule has 0 saturated carbocycles. The lowest BCUT2D eigenvalue weighted by Crippen LogP contribution is -1.98. The van der Waals surface area contributed by atoms with Crippen LogP contribution in [0.2, 0.25) is 0 Å². The first kappa shape index (κ1) is 34.5. The molecule has 0 fully saturated rings. The monoisotopic (exact) mass is 788 g/mol. The standard InChI is InChI=1S/C58H36N4/c1-2-12-37(13-3-1)38-22-24-40(25-23-38)56-57(60-52-20-10-9-19-51(52)59-56)41-26-29-44(30-27-41)61-54-33-31-45(36-50(54)49-34-42-15-4-5-16-43(42)35-55(49)61)62-53-21-11-8-18-47(53)48-32-28-39-14-6-7-17-46(39)58(48)62/h1-36H. The topological polar surface area (TPSA) is 35.6 Å². The minimum atomic E-state index is 0.860. The first-order valence-electron chi connectivity index (χ1n) is 21.2. The Morgan fingerprint density at radius 3 is 1.55 bits per heavy atom. The molecule has 0 spiro atoms. The molecule has 0 atom stereocenters. The molecule has 0 aliphatic carbocycles. The van der Waals surface area contributed by atoms with Crippen LogP contribution in [0.15, 0.2) is 218 Å². The van der Waals surface area contributed by atoms with Crippen molar-refractivity contribution in [3.05, 3.63) is 218 Å². The summed E-state index contributed by atoms with van der Waals surface area (Å²) >= 11 is 0. The van der Waals surface area contributed by atoms with E-state index in [4.69, 9.17) is 9.97 Å². The molecule has 4 nitrogen and oxygen atoms in total. The number of hydrogen-bond donors (Lipinski definition) is 0. The van der Waals surface area contributed by atoms with Gasteiger partial charge < -0.3 is 9.13 Å². The highest BCUT2D eigenvalue weighted by Gasteiger charge is 2.20. The largest absolute Gasteiger partial charge is 0.309 e. The van der Waals surface area contributed by atoms with Crippen LogP contribution in [0, 0.1) is 0 Å². The summed E-state index contributed by atoms with van der Waals surface area (Å²) in [6.45, 7) is 0. The van der Waals surface area contributed by atoms with Crippen LogP contribution in [0.1, 0.15) is 0 Å². The van der Waals surface area contributed by atoms with Crippen LogP contribution in [0.25, 0.3) is 121 Å². The normalized spacial score (nSPS) is 11.9. The molecule has 0 amide bonds. The predicted octanol–water partition coefficient (Wildman–Crippen LogP) is 15.1. The van der Waals surface area contributed by atoms with E-state index in [-0.39, 0.29) is 0 Å². The zero-order valence-electron chi connectivity index (χ0n) is 33.6. The van der Waals surface area contributed by atoms with Crippen LogP contribution in [0.5, 0.6) is 0 Å². The maximum atomic E-state index is 5.25. The molecule has 0 radical (unpaired) electrons. The van der Waals surface area contributed by atoms with Gasteiger partial charge >= 0.3 is 0 Å². The third-order valence-corrected chi connectivity index (χ3v) is 12.7. The van der Waals surface area contributed by atoms with Gasteiger partial charge in [-0.1, -0.05) is 158 Å². The highest BCUT2D eigenvalue weighted by Crippen LogP contribution is 2.41. The van der Waals surface area contributed by atoms with Gasteiger partial charge in [-0.2, -0.15) is 0 Å². The molecule has 0 bridgehead atoms. The zero-order valence-corrected chi connectivity index (χ0v) is 33.6. The van der Waals surface area contributed by atoms with Crippen molar-refractivity contribution in [1.82, 2.24) is 19.1 Å². The lowest BCUT2D eigenvalue weighted by molar-refractivity contribution is 1.17. The fourth-order valence-corrected chi connectivity index (χ4v) is 9.73. The molecule has 3 heterocycles. The molecule has 13 aromatic rings. The number of fused-ring (bicyclic) bond motifs is 10. The maximum absolute atomic E-state index is 5.25. The molecule has 62 heavy (non-hydrogen) atoms. The molecule has 13 rings (SSSR count). The first-order chi connectivity index (χ1) is 30.7. The van der Waals surface area contributed by atoms with Crippen molar-refractivity contribution in [3.8, 4) is 45.0 Å². The third-order valence-electron chi connectivity index (χ3n) is 12.7. The lowest BCUT2D eigenvalue weighted by Gasteiger charge is -2.13. The fraction of sp³-hybridized carbons (Fsp3) is 0. The van der Waals surface area contributed by atoms with E-state index in [1.807, 2.05) is 24.3 Å². The number of nitrogens with zero attached hydrogens (tertiary/aromatic N) is 4. The van der Waals surface area contributed by atoms with E-state index in [1.165, 1.54) is 70.8 Å². The molecule has 4 heteroatoms. The Kier molecular flexibility index (Phi) is 7.57. The smallest absolute Gasteiger partial charge is 0.0973 e. The van der Waals surface area contributed by atoms with Gasteiger partial charge in [0.05, 0.1) is 44.5 Å². The van der Waals surface area contributed by atoms with Crippen LogP contribution in [0.4, 0.5) is 0 Å². The second-order valence-corrected chi connectivity index (χ2v) is 16.2. The molecule has 0 unspecified atom stereocenters. The summed E-state index contributed by atoms with van der Waals surface area (Å²) in [4.78, 5) is 10.5. The second-order valence-electron chi connectivity index (χ2n) is 16.2. The second kappa shape index (κ2) is 13.6. The van der Waals surface area contributed by atoms with Gasteiger partial charge in [0.25, 0.3) is 0 Å². The van der Waals surface area contributed by atoms with Gasteiger partial charge in [0.1, 0.15) is 0 Å². The number of hydrogen-bond acceptors (Lipinski definition) is 2. The molecular weight excluding hydrogens is 753 g/mol. The Balaban J connectivity index is 0.991. The summed E-state index contributed by atoms with van der Waals surface area (Å²) in [6.07, 6.45) is 0. The number of benzene rings is 10. The summed E-state index contributed by atoms with van der Waals surface area (Å²) in [5.74, 6) is 0. The maximum Gasteiger partial charge on any atom is 0.0973 e. The van der Waals surface area contributed by atoms with Gasteiger partial charge in [0, 0.05) is 49.4 Å². The molecular formula is C58H36N4. The first-order valence-corrected chi connectivity index (χ1v) is 21.2. The molecule has 0 aliphatic heterocycles. The molecule has 0 N–H and O–H groups in total. The fourth-order valence-electron chi connectivity index (χ4n) is 9.73. The summed E-state index contributed by atoms with van der Waals surface area (Å²) in [5.41, 5.74) is 14.9. The van der Waals surface area contributed by atoms with E-state index >= 15 is 0 Å². The van der Waals surface area contributed by atoms with Gasteiger partial charge in [0.2, 0.25) is 0 Å². The predicted molar refractivity (Wildman–Crippen MR) is 260 cm³/mol. The Morgan fingerprint density at radius 1 is 0.274 bits per heavy atom. The van der Waals surface area contributed by atoms with Crippen molar-refractivity contribution in [3.63, 3.8) is 0 Å². The lowest BCUT2D eigenvalue weighted by atomic mass is 9.99. The van der Waals surface area contributed by atoms with E-state index in [0.29, 0.717) is 0 Å². The summed E-state index contributed by atoms with van der Waals surface area (Å²) < 4.78 is 4.88. The Labute approximate surface area is 357 Å². The Hall–Kier alpha value is -8.34. The van der Waals surface area contributed by atoms with E-state index in [0.717, 1.165) is 50.4 Å². The van der Waals surface area contributed by atoms with Gasteiger partial charge in [-0.05, 0) is 87.9 Å². The summed E-state index contributed by atoms with van der Waals surface area (Å²) in [6, 6.07) is 78.6. The average molecular weight is 789 g/mol. The van der Waals surface area contributed by atoms with Gasteiger partial charge in [-0.15, -0.1) is 0 Å². The van der Waals surface area contributed by atoms with Crippen LogP contribution >= 0.6 is 0 Å². The SMILES string of the molecule is c1ccc(-c2ccc(-c3nc4ccccc4nc3-c3ccc(-n4c5ccc(-n6c7ccccc7c7ccc8ccccc8c76)cc5c5cc6ccccc6cc54)cc3)cc2)cc1. The van der Waals surface area contributed by atoms with E-state index < -0.39 is 0 Å². The molecule has 0 saturated heterocycles. The van der Waals surface area contributed by atoms with E-state index in [9.17, 15) is 0 Å². The number of aromatic nitrogens is 4. The van der Waals surface area contributed by atoms with Crippen LogP contribution in [-0.4, -0.2) is 19.1 Å². The summed E-state index contributed by atoms with van der Waals surface area (Å²) in [5, 5.41) is 9.86. The van der Waals surface area contributed by atoms with Crippen molar-refractivity contribution < 1.29 is 0 Å². The Morgan fingerprint density at radius 2 is 0.806 bits per heavy atom. The minimum absolute atomic E-state index is 0.860. The van der Waals surface area contributed by atoms with Crippen molar-refractivity contribution in [2.24, 2.45) is 0 Å². The van der Waals surface area contributed by atoms with Crippen LogP contribution in [0.3, 0.4) is 0 Å². The van der Waals surface area contributed by atoms with Crippen molar-refractivity contribution >= 4 is 76.2 Å². The van der Waals surface area contributed by atoms with Crippen molar-refractivity contribution in [2.45, 2.75) is 0 Å². The quantitative estimate of drug-likeness (QED) is 0.174. The van der Waals surface area contributed by atoms with Crippen molar-refractivity contribution in [2.75, 3.05) is 0 Å². The molecule has 288 valence electrons. The van der Waals surface area contributed by atoms with Gasteiger partial charge in [0.15, 0.2) is 0 Å². The Bertz CT molecular complexity index is 3900. The third kappa shape index (κ3) is 5.33. The van der Waals surface area contributed by atoms with E-state index in [2.05, 4.69) is 203 Å². The van der Waals surface area contributed by atoms with E-state index in [1.54, 1.807) is 0 Å². The van der Waals surface area contributed by atoms with Gasteiger partial charge in [-0.3, -0.25) is 0 Å². The molecule has 3 aromatic heterocycles. The summed E-state index contributed by atoms with van der Waals surface area (Å²) in [7, 11) is 0. The zero-order chi connectivity index (χ0) is 40.7. The molecule has 0 aliphatic rings. The average Bonchev–Trinajstić information content (AvgIpc) is 3.85. The highest BCUT2D eigenvalue weighted by molar-refractivity contribution is 6.19. The van der Waals surface area contributed by atoms with Crippen LogP contribution in [-0.2, 0) is 0 Å². The highest BCUT2D eigenvalue weighted by atomic mass is 15.0. The molecule has 10 aromatic carbocycles. The number of rotatable bonds is 5. The van der Waals surface area contributed by atoms with Gasteiger partial charge in [-0.25, -0.2) is 9.97 Å².